The first-order chi connectivity index (χ1) is 13.5. The van der Waals surface area contributed by atoms with Crippen molar-refractivity contribution in [2.75, 3.05) is 20.3 Å². The lowest BCUT2D eigenvalue weighted by Crippen LogP contribution is -2.06. The second-order valence-corrected chi connectivity index (χ2v) is 6.67. The quantitative estimate of drug-likeness (QED) is 0.460. The van der Waals surface area contributed by atoms with Crippen LogP contribution in [0, 0.1) is 0 Å². The molecule has 0 saturated heterocycles. The number of hydrogen-bond donors (Lipinski definition) is 0. The number of carbonyl (C=O) groups is 1. The minimum atomic E-state index is -0.524. The molecule has 0 amide bonds. The summed E-state index contributed by atoms with van der Waals surface area (Å²) in [4.78, 5) is 16.7. The predicted octanol–water partition coefficient (Wildman–Crippen LogP) is 4.60. The van der Waals surface area contributed by atoms with E-state index in [4.69, 9.17) is 18.9 Å². The molecule has 0 spiro atoms. The van der Waals surface area contributed by atoms with Crippen molar-refractivity contribution in [3.63, 3.8) is 0 Å². The highest BCUT2D eigenvalue weighted by molar-refractivity contribution is 9.10. The van der Waals surface area contributed by atoms with Crippen LogP contribution in [-0.2, 0) is 9.53 Å². The molecular formula is C21H20BrNO5. The highest BCUT2D eigenvalue weighted by Crippen LogP contribution is 2.31. The van der Waals surface area contributed by atoms with E-state index in [1.165, 1.54) is 0 Å². The van der Waals surface area contributed by atoms with Gasteiger partial charge in [-0.25, -0.2) is 9.79 Å². The van der Waals surface area contributed by atoms with Crippen LogP contribution in [0.3, 0.4) is 0 Å². The van der Waals surface area contributed by atoms with Gasteiger partial charge in [-0.15, -0.1) is 0 Å². The summed E-state index contributed by atoms with van der Waals surface area (Å²) < 4.78 is 22.8. The first-order valence-corrected chi connectivity index (χ1v) is 9.61. The van der Waals surface area contributed by atoms with E-state index in [1.54, 1.807) is 31.4 Å². The molecule has 28 heavy (non-hydrogen) atoms. The predicted molar refractivity (Wildman–Crippen MR) is 110 cm³/mol. The maximum Gasteiger partial charge on any atom is 0.363 e. The van der Waals surface area contributed by atoms with Crippen LogP contribution in [0.4, 0.5) is 0 Å². The summed E-state index contributed by atoms with van der Waals surface area (Å²) in [7, 11) is 1.57. The lowest BCUT2D eigenvalue weighted by atomic mass is 10.1. The van der Waals surface area contributed by atoms with Gasteiger partial charge >= 0.3 is 5.97 Å². The lowest BCUT2D eigenvalue weighted by Gasteiger charge is -2.11. The molecule has 0 bridgehead atoms. The third-order valence-electron chi connectivity index (χ3n) is 3.89. The fraction of sp³-hybridized carbons (Fsp3) is 0.238. The Labute approximate surface area is 171 Å². The molecule has 6 nitrogen and oxygen atoms in total. The highest BCUT2D eigenvalue weighted by atomic mass is 79.9. The van der Waals surface area contributed by atoms with Crippen LogP contribution in [0.5, 0.6) is 17.2 Å². The molecule has 0 unspecified atom stereocenters. The van der Waals surface area contributed by atoms with Crippen LogP contribution in [-0.4, -0.2) is 32.2 Å². The number of methoxy groups -OCH3 is 1. The number of hydrogen-bond acceptors (Lipinski definition) is 6. The Morgan fingerprint density at radius 3 is 2.46 bits per heavy atom. The van der Waals surface area contributed by atoms with Crippen LogP contribution in [0.15, 0.2) is 51.6 Å². The average Bonchev–Trinajstić information content (AvgIpc) is 3.04. The number of rotatable bonds is 7. The van der Waals surface area contributed by atoms with Gasteiger partial charge in [0.15, 0.2) is 17.2 Å². The summed E-state index contributed by atoms with van der Waals surface area (Å²) in [6.45, 7) is 4.81. The van der Waals surface area contributed by atoms with Gasteiger partial charge in [-0.2, -0.15) is 0 Å². The van der Waals surface area contributed by atoms with Crippen molar-refractivity contribution in [3.05, 3.63) is 57.7 Å². The number of cyclic esters (lactones) is 1. The van der Waals surface area contributed by atoms with Gasteiger partial charge in [0.05, 0.1) is 20.3 Å². The summed E-state index contributed by atoms with van der Waals surface area (Å²) in [5.41, 5.74) is 1.54. The zero-order chi connectivity index (χ0) is 20.1. The van der Waals surface area contributed by atoms with E-state index in [1.807, 2.05) is 32.0 Å². The molecule has 0 radical (unpaired) electrons. The molecule has 3 rings (SSSR count). The van der Waals surface area contributed by atoms with Crippen molar-refractivity contribution in [1.82, 2.24) is 0 Å². The third kappa shape index (κ3) is 4.36. The Kier molecular flexibility index (Phi) is 6.36. The first kappa shape index (κ1) is 19.9. The van der Waals surface area contributed by atoms with Crippen molar-refractivity contribution in [2.45, 2.75) is 13.8 Å². The summed E-state index contributed by atoms with van der Waals surface area (Å²) >= 11 is 3.42. The topological polar surface area (TPSA) is 66.4 Å². The monoisotopic (exact) mass is 445 g/mol. The van der Waals surface area contributed by atoms with Gasteiger partial charge in [0.25, 0.3) is 0 Å². The lowest BCUT2D eigenvalue weighted by molar-refractivity contribution is -0.129. The van der Waals surface area contributed by atoms with Crippen molar-refractivity contribution in [3.8, 4) is 17.2 Å². The minimum Gasteiger partial charge on any atom is -0.496 e. The molecule has 146 valence electrons. The molecule has 0 atom stereocenters. The van der Waals surface area contributed by atoms with Crippen LogP contribution >= 0.6 is 15.9 Å². The van der Waals surface area contributed by atoms with Crippen molar-refractivity contribution in [1.29, 1.82) is 0 Å². The molecule has 0 aromatic heterocycles. The van der Waals surface area contributed by atoms with E-state index >= 15 is 0 Å². The molecule has 7 heteroatoms. The number of esters is 1. The van der Waals surface area contributed by atoms with Crippen LogP contribution < -0.4 is 14.2 Å². The summed E-state index contributed by atoms with van der Waals surface area (Å²) in [5, 5.41) is 0. The van der Waals surface area contributed by atoms with Gasteiger partial charge in [0.2, 0.25) is 5.90 Å². The molecule has 1 aliphatic heterocycles. The van der Waals surface area contributed by atoms with Crippen molar-refractivity contribution >= 4 is 33.9 Å². The molecule has 2 aromatic rings. The Morgan fingerprint density at radius 2 is 1.75 bits per heavy atom. The summed E-state index contributed by atoms with van der Waals surface area (Å²) in [5.74, 6) is 1.53. The summed E-state index contributed by atoms with van der Waals surface area (Å²) in [6, 6.07) is 10.8. The molecule has 0 aliphatic carbocycles. The Morgan fingerprint density at radius 1 is 1.04 bits per heavy atom. The number of ether oxygens (including phenoxy) is 4. The Bertz CT molecular complexity index is 952. The van der Waals surface area contributed by atoms with E-state index in [0.29, 0.717) is 36.0 Å². The Balaban J connectivity index is 1.96. The molecular weight excluding hydrogens is 426 g/mol. The van der Waals surface area contributed by atoms with Gasteiger partial charge in [0, 0.05) is 15.6 Å². The fourth-order valence-corrected chi connectivity index (χ4v) is 3.06. The van der Waals surface area contributed by atoms with E-state index in [2.05, 4.69) is 20.9 Å². The zero-order valence-corrected chi connectivity index (χ0v) is 17.4. The van der Waals surface area contributed by atoms with Gasteiger partial charge in [0.1, 0.15) is 5.75 Å². The van der Waals surface area contributed by atoms with Gasteiger partial charge in [-0.1, -0.05) is 15.9 Å². The fourth-order valence-electron chi connectivity index (χ4n) is 2.68. The highest BCUT2D eigenvalue weighted by Gasteiger charge is 2.25. The third-order valence-corrected chi connectivity index (χ3v) is 4.39. The minimum absolute atomic E-state index is 0.193. The number of benzene rings is 2. The maximum atomic E-state index is 12.3. The van der Waals surface area contributed by atoms with Crippen LogP contribution in [0.1, 0.15) is 25.0 Å². The van der Waals surface area contributed by atoms with Gasteiger partial charge in [-0.3, -0.25) is 0 Å². The van der Waals surface area contributed by atoms with E-state index in [-0.39, 0.29) is 11.6 Å². The zero-order valence-electron chi connectivity index (χ0n) is 15.8. The maximum absolute atomic E-state index is 12.3. The van der Waals surface area contributed by atoms with Crippen LogP contribution in [0.2, 0.25) is 0 Å². The molecule has 1 aliphatic rings. The number of carbonyl (C=O) groups excluding carboxylic acids is 1. The smallest absolute Gasteiger partial charge is 0.363 e. The number of halogens is 1. The van der Waals surface area contributed by atoms with Crippen LogP contribution in [0.25, 0.3) is 6.08 Å². The standard InChI is InChI=1S/C21H20BrNO5/c1-4-26-18-8-6-13(12-19(18)27-5-2)20-23-16(21(24)28-20)11-14-10-15(22)7-9-17(14)25-3/h6-12H,4-5H2,1-3H3. The SMILES string of the molecule is CCOc1ccc(C2=NC(=Cc3cc(Br)ccc3OC)C(=O)O2)cc1OCC. The molecule has 2 aromatic carbocycles. The van der Waals surface area contributed by atoms with E-state index in [9.17, 15) is 4.79 Å². The molecule has 1 heterocycles. The first-order valence-electron chi connectivity index (χ1n) is 8.81. The second kappa shape index (κ2) is 8.93. The normalized spacial score (nSPS) is 14.6. The number of aliphatic imine (C=N–C) groups is 1. The molecule has 0 saturated carbocycles. The van der Waals surface area contributed by atoms with Gasteiger partial charge in [-0.05, 0) is 56.3 Å². The van der Waals surface area contributed by atoms with E-state index < -0.39 is 5.97 Å². The van der Waals surface area contributed by atoms with Gasteiger partial charge < -0.3 is 18.9 Å². The number of nitrogens with zero attached hydrogens (tertiary/aromatic N) is 1. The molecule has 0 N–H and O–H groups in total. The van der Waals surface area contributed by atoms with E-state index in [0.717, 1.165) is 10.0 Å². The summed E-state index contributed by atoms with van der Waals surface area (Å²) in [6.07, 6.45) is 1.64. The largest absolute Gasteiger partial charge is 0.496 e. The second-order valence-electron chi connectivity index (χ2n) is 5.75. The average molecular weight is 446 g/mol. The van der Waals surface area contributed by atoms with Crippen molar-refractivity contribution < 1.29 is 23.7 Å². The molecule has 0 fully saturated rings. The Hall–Kier alpha value is -2.80. The van der Waals surface area contributed by atoms with Crippen molar-refractivity contribution in [2.24, 2.45) is 4.99 Å².